The molecule has 0 aliphatic heterocycles. The molecular weight excluding hydrogens is 315 g/mol. The molecule has 1 aromatic heterocycles. The molecule has 2 N–H and O–H groups in total. The van der Waals surface area contributed by atoms with Gasteiger partial charge in [0.15, 0.2) is 5.13 Å². The lowest BCUT2D eigenvalue weighted by atomic mass is 10.2. The second-order valence-corrected chi connectivity index (χ2v) is 5.46. The standard InChI is InChI=1S/C14H14F3N3OS/c15-14(16,17)11-9-20-13(22-11)19-8-4-7-18-12(21)10-5-2-1-3-6-10/h1-3,5-6,9H,4,7-8H2,(H,18,21)(H,19,20). The number of nitrogens with zero attached hydrogens (tertiary/aromatic N) is 1. The van der Waals surface area contributed by atoms with E-state index < -0.39 is 11.1 Å². The lowest BCUT2D eigenvalue weighted by Crippen LogP contribution is -2.25. The molecule has 0 spiro atoms. The Morgan fingerprint density at radius 1 is 1.18 bits per heavy atom. The summed E-state index contributed by atoms with van der Waals surface area (Å²) in [5.74, 6) is -0.172. The number of halogens is 3. The first-order chi connectivity index (χ1) is 10.5. The topological polar surface area (TPSA) is 54.0 Å². The van der Waals surface area contributed by atoms with Crippen LogP contribution in [0.2, 0.25) is 0 Å². The molecular formula is C14H14F3N3OS. The van der Waals surface area contributed by atoms with Crippen LogP contribution in [0.5, 0.6) is 0 Å². The fourth-order valence-corrected chi connectivity index (χ4v) is 2.37. The minimum atomic E-state index is -4.36. The van der Waals surface area contributed by atoms with Gasteiger partial charge < -0.3 is 10.6 Å². The molecule has 1 amide bonds. The Kier molecular flexibility index (Phi) is 5.37. The summed E-state index contributed by atoms with van der Waals surface area (Å²) in [6.07, 6.45) is -2.97. The molecule has 0 saturated heterocycles. The van der Waals surface area contributed by atoms with Crippen LogP contribution in [0, 0.1) is 0 Å². The quantitative estimate of drug-likeness (QED) is 0.799. The van der Waals surface area contributed by atoms with Gasteiger partial charge >= 0.3 is 6.18 Å². The van der Waals surface area contributed by atoms with Crippen molar-refractivity contribution in [1.29, 1.82) is 0 Å². The lowest BCUT2D eigenvalue weighted by Gasteiger charge is -2.06. The van der Waals surface area contributed by atoms with Gasteiger partial charge in [0.25, 0.3) is 5.91 Å². The van der Waals surface area contributed by atoms with Crippen molar-refractivity contribution in [2.75, 3.05) is 18.4 Å². The van der Waals surface area contributed by atoms with Gasteiger partial charge in [-0.1, -0.05) is 29.5 Å². The molecule has 2 rings (SSSR count). The second-order valence-electron chi connectivity index (χ2n) is 4.43. The molecule has 118 valence electrons. The van der Waals surface area contributed by atoms with Gasteiger partial charge in [-0.3, -0.25) is 4.79 Å². The summed E-state index contributed by atoms with van der Waals surface area (Å²) in [4.78, 5) is 14.7. The molecule has 0 unspecified atom stereocenters. The number of rotatable bonds is 6. The van der Waals surface area contributed by atoms with Gasteiger partial charge in [-0.05, 0) is 18.6 Å². The first-order valence-electron chi connectivity index (χ1n) is 6.57. The average Bonchev–Trinajstić information content (AvgIpc) is 2.96. The maximum absolute atomic E-state index is 12.4. The van der Waals surface area contributed by atoms with Crippen molar-refractivity contribution in [2.45, 2.75) is 12.6 Å². The van der Waals surface area contributed by atoms with Crippen molar-refractivity contribution in [2.24, 2.45) is 0 Å². The Labute approximate surface area is 129 Å². The zero-order valence-electron chi connectivity index (χ0n) is 11.5. The van der Waals surface area contributed by atoms with Crippen LogP contribution < -0.4 is 10.6 Å². The van der Waals surface area contributed by atoms with Crippen LogP contribution >= 0.6 is 11.3 Å². The molecule has 0 radical (unpaired) electrons. The van der Waals surface area contributed by atoms with Crippen molar-refractivity contribution >= 4 is 22.4 Å². The molecule has 4 nitrogen and oxygen atoms in total. The summed E-state index contributed by atoms with van der Waals surface area (Å²) in [6, 6.07) is 8.79. The highest BCUT2D eigenvalue weighted by Gasteiger charge is 2.33. The Hall–Kier alpha value is -2.09. The summed E-state index contributed by atoms with van der Waals surface area (Å²) in [7, 11) is 0. The van der Waals surface area contributed by atoms with Crippen LogP contribution in [0.15, 0.2) is 36.5 Å². The smallest absolute Gasteiger partial charge is 0.361 e. The number of carbonyl (C=O) groups is 1. The van der Waals surface area contributed by atoms with E-state index in [9.17, 15) is 18.0 Å². The third-order valence-electron chi connectivity index (χ3n) is 2.74. The normalized spacial score (nSPS) is 11.2. The molecule has 0 saturated carbocycles. The maximum atomic E-state index is 12.4. The Morgan fingerprint density at radius 2 is 1.91 bits per heavy atom. The van der Waals surface area contributed by atoms with Crippen LogP contribution in [-0.2, 0) is 6.18 Å². The van der Waals surface area contributed by atoms with Crippen molar-refractivity contribution in [3.63, 3.8) is 0 Å². The number of carbonyl (C=O) groups excluding carboxylic acids is 1. The van der Waals surface area contributed by atoms with Crippen LogP contribution in [0.1, 0.15) is 21.7 Å². The van der Waals surface area contributed by atoms with Gasteiger partial charge in [-0.2, -0.15) is 13.2 Å². The summed E-state index contributed by atoms with van der Waals surface area (Å²) in [5, 5.41) is 5.77. The van der Waals surface area contributed by atoms with Crippen LogP contribution in [-0.4, -0.2) is 24.0 Å². The van der Waals surface area contributed by atoms with E-state index in [0.717, 1.165) is 6.20 Å². The first kappa shape index (κ1) is 16.3. The number of aromatic nitrogens is 1. The monoisotopic (exact) mass is 329 g/mol. The highest BCUT2D eigenvalue weighted by Crippen LogP contribution is 2.34. The van der Waals surface area contributed by atoms with E-state index in [-0.39, 0.29) is 11.0 Å². The molecule has 0 atom stereocenters. The van der Waals surface area contributed by atoms with Gasteiger partial charge in [0, 0.05) is 18.7 Å². The third kappa shape index (κ3) is 4.73. The third-order valence-corrected chi connectivity index (χ3v) is 3.74. The van der Waals surface area contributed by atoms with Crippen LogP contribution in [0.25, 0.3) is 0 Å². The Bertz CT molecular complexity index is 613. The molecule has 22 heavy (non-hydrogen) atoms. The van der Waals surface area contributed by atoms with Crippen molar-refractivity contribution in [3.8, 4) is 0 Å². The zero-order valence-corrected chi connectivity index (χ0v) is 12.3. The fourth-order valence-electron chi connectivity index (χ4n) is 1.66. The number of benzene rings is 1. The maximum Gasteiger partial charge on any atom is 0.427 e. The van der Waals surface area contributed by atoms with Crippen molar-refractivity contribution in [1.82, 2.24) is 10.3 Å². The number of thiazole rings is 1. The summed E-state index contributed by atoms with van der Waals surface area (Å²) >= 11 is 0.566. The van der Waals surface area contributed by atoms with E-state index in [2.05, 4.69) is 15.6 Å². The largest absolute Gasteiger partial charge is 0.427 e. The van der Waals surface area contributed by atoms with E-state index >= 15 is 0 Å². The molecule has 0 fully saturated rings. The molecule has 0 bridgehead atoms. The van der Waals surface area contributed by atoms with Crippen LogP contribution in [0.4, 0.5) is 18.3 Å². The second kappa shape index (κ2) is 7.26. The number of alkyl halides is 3. The predicted octanol–water partition coefficient (Wildman–Crippen LogP) is 3.39. The first-order valence-corrected chi connectivity index (χ1v) is 7.38. The Balaban J connectivity index is 1.67. The van der Waals surface area contributed by atoms with E-state index in [4.69, 9.17) is 0 Å². The summed E-state index contributed by atoms with van der Waals surface area (Å²) in [5.41, 5.74) is 0.574. The molecule has 2 aromatic rings. The molecule has 0 aliphatic carbocycles. The minimum Gasteiger partial charge on any atom is -0.361 e. The van der Waals surface area contributed by atoms with Crippen molar-refractivity contribution in [3.05, 3.63) is 47.0 Å². The highest BCUT2D eigenvalue weighted by atomic mass is 32.1. The molecule has 1 aromatic carbocycles. The van der Waals surface area contributed by atoms with Crippen LogP contribution in [0.3, 0.4) is 0 Å². The summed E-state index contributed by atoms with van der Waals surface area (Å²) in [6.45, 7) is 0.859. The lowest BCUT2D eigenvalue weighted by molar-refractivity contribution is -0.134. The van der Waals surface area contributed by atoms with Gasteiger partial charge in [-0.15, -0.1) is 0 Å². The SMILES string of the molecule is O=C(NCCCNc1ncc(C(F)(F)F)s1)c1ccccc1. The van der Waals surface area contributed by atoms with Gasteiger partial charge in [0.2, 0.25) is 0 Å². The average molecular weight is 329 g/mol. The van der Waals surface area contributed by atoms with Gasteiger partial charge in [0.05, 0.1) is 6.20 Å². The van der Waals surface area contributed by atoms with Crippen molar-refractivity contribution < 1.29 is 18.0 Å². The molecule has 1 heterocycles. The number of hydrogen-bond donors (Lipinski definition) is 2. The van der Waals surface area contributed by atoms with Gasteiger partial charge in [0.1, 0.15) is 4.88 Å². The minimum absolute atomic E-state index is 0.172. The fraction of sp³-hybridized carbons (Fsp3) is 0.286. The number of amides is 1. The van der Waals surface area contributed by atoms with E-state index in [1.54, 1.807) is 24.3 Å². The number of anilines is 1. The van der Waals surface area contributed by atoms with E-state index in [1.165, 1.54) is 0 Å². The Morgan fingerprint density at radius 3 is 2.55 bits per heavy atom. The molecule has 8 heteroatoms. The predicted molar refractivity (Wildman–Crippen MR) is 79.0 cm³/mol. The van der Waals surface area contributed by atoms with Gasteiger partial charge in [-0.25, -0.2) is 4.98 Å². The number of nitrogens with one attached hydrogen (secondary N) is 2. The zero-order chi connectivity index (χ0) is 16.0. The molecule has 0 aliphatic rings. The van der Waals surface area contributed by atoms with E-state index in [1.807, 2.05) is 6.07 Å². The van der Waals surface area contributed by atoms with E-state index in [0.29, 0.717) is 36.4 Å². The number of hydrogen-bond acceptors (Lipinski definition) is 4. The summed E-state index contributed by atoms with van der Waals surface area (Å²) < 4.78 is 37.2. The highest BCUT2D eigenvalue weighted by molar-refractivity contribution is 7.15.